The number of hydrogen-bond acceptors (Lipinski definition) is 2. The van der Waals surface area contributed by atoms with Crippen LogP contribution in [0.4, 0.5) is 5.69 Å². The van der Waals surface area contributed by atoms with Gasteiger partial charge in [0.1, 0.15) is 0 Å². The van der Waals surface area contributed by atoms with Gasteiger partial charge in [-0.25, -0.2) is 0 Å². The number of rotatable bonds is 6. The third kappa shape index (κ3) is 4.54. The predicted octanol–water partition coefficient (Wildman–Crippen LogP) is 3.74. The molecule has 2 heteroatoms. The van der Waals surface area contributed by atoms with E-state index in [1.54, 1.807) is 0 Å². The van der Waals surface area contributed by atoms with Crippen molar-refractivity contribution in [2.75, 3.05) is 25.0 Å². The molecular formula is C17H28N2. The molecule has 0 aliphatic heterocycles. The molecule has 106 valence electrons. The number of nitrogens with zero attached hydrogens (tertiary/aromatic N) is 1. The molecule has 0 atom stereocenters. The van der Waals surface area contributed by atoms with Crippen LogP contribution in [-0.2, 0) is 0 Å². The molecule has 0 bridgehead atoms. The van der Waals surface area contributed by atoms with E-state index in [-0.39, 0.29) is 0 Å². The normalized spacial score (nSPS) is 16.5. The van der Waals surface area contributed by atoms with Gasteiger partial charge in [0.05, 0.1) is 0 Å². The maximum atomic E-state index is 3.72. The zero-order valence-electron chi connectivity index (χ0n) is 12.5. The van der Waals surface area contributed by atoms with Gasteiger partial charge in [-0.1, -0.05) is 37.5 Å². The van der Waals surface area contributed by atoms with E-state index < -0.39 is 0 Å². The molecule has 1 aromatic carbocycles. The summed E-state index contributed by atoms with van der Waals surface area (Å²) in [4.78, 5) is 2.37. The lowest BCUT2D eigenvalue weighted by Gasteiger charge is -2.24. The van der Waals surface area contributed by atoms with Crippen LogP contribution in [0.2, 0.25) is 0 Å². The first-order valence-electron chi connectivity index (χ1n) is 7.77. The highest BCUT2D eigenvalue weighted by Crippen LogP contribution is 2.18. The molecule has 1 N–H and O–H groups in total. The van der Waals surface area contributed by atoms with Crippen molar-refractivity contribution >= 4 is 5.69 Å². The maximum absolute atomic E-state index is 3.72. The Balaban J connectivity index is 1.66. The van der Waals surface area contributed by atoms with E-state index in [9.17, 15) is 0 Å². The maximum Gasteiger partial charge on any atom is 0.0393 e. The van der Waals surface area contributed by atoms with E-state index in [4.69, 9.17) is 0 Å². The summed E-state index contributed by atoms with van der Waals surface area (Å²) in [6.07, 6.45) is 8.26. The Hall–Kier alpha value is -1.02. The molecule has 1 fully saturated rings. The van der Waals surface area contributed by atoms with Crippen molar-refractivity contribution in [2.45, 2.75) is 51.5 Å². The second-order valence-corrected chi connectivity index (χ2v) is 5.85. The molecule has 19 heavy (non-hydrogen) atoms. The summed E-state index contributed by atoms with van der Waals surface area (Å²) < 4.78 is 0. The van der Waals surface area contributed by atoms with Crippen LogP contribution in [-0.4, -0.2) is 26.2 Å². The van der Waals surface area contributed by atoms with Gasteiger partial charge in [0.25, 0.3) is 0 Å². The lowest BCUT2D eigenvalue weighted by atomic mass is 9.95. The van der Waals surface area contributed by atoms with E-state index in [1.807, 2.05) is 0 Å². The second-order valence-electron chi connectivity index (χ2n) is 5.85. The molecule has 0 radical (unpaired) electrons. The second kappa shape index (κ2) is 7.54. The van der Waals surface area contributed by atoms with Gasteiger partial charge in [0.15, 0.2) is 0 Å². The minimum atomic E-state index is 0.789. The fourth-order valence-corrected chi connectivity index (χ4v) is 3.04. The largest absolute Gasteiger partial charge is 0.374 e. The molecule has 1 aliphatic carbocycles. The van der Waals surface area contributed by atoms with Crippen molar-refractivity contribution in [1.29, 1.82) is 0 Å². The first-order chi connectivity index (χ1) is 9.27. The first-order valence-corrected chi connectivity index (χ1v) is 7.77. The smallest absolute Gasteiger partial charge is 0.0393 e. The van der Waals surface area contributed by atoms with Crippen molar-refractivity contribution in [3.63, 3.8) is 0 Å². The van der Waals surface area contributed by atoms with Gasteiger partial charge in [-0.3, -0.25) is 0 Å². The molecule has 0 heterocycles. The van der Waals surface area contributed by atoms with Gasteiger partial charge in [-0.05, 0) is 44.4 Å². The third-order valence-corrected chi connectivity index (χ3v) is 4.24. The molecular weight excluding hydrogens is 232 g/mol. The Morgan fingerprint density at radius 1 is 1.16 bits per heavy atom. The van der Waals surface area contributed by atoms with Crippen molar-refractivity contribution < 1.29 is 0 Å². The molecule has 0 unspecified atom stereocenters. The predicted molar refractivity (Wildman–Crippen MR) is 83.9 cm³/mol. The molecule has 2 rings (SSSR count). The van der Waals surface area contributed by atoms with Crippen molar-refractivity contribution in [2.24, 2.45) is 0 Å². The van der Waals surface area contributed by atoms with Gasteiger partial charge in [0.2, 0.25) is 0 Å². The molecule has 1 aromatic rings. The van der Waals surface area contributed by atoms with Crippen LogP contribution in [0.5, 0.6) is 0 Å². The quantitative estimate of drug-likeness (QED) is 0.784. The van der Waals surface area contributed by atoms with Gasteiger partial charge in [-0.15, -0.1) is 0 Å². The van der Waals surface area contributed by atoms with Crippen LogP contribution >= 0.6 is 0 Å². The minimum Gasteiger partial charge on any atom is -0.374 e. The summed E-state index contributed by atoms with van der Waals surface area (Å²) in [7, 11) is 2.20. The van der Waals surface area contributed by atoms with Crippen LogP contribution in [0, 0.1) is 6.92 Å². The highest BCUT2D eigenvalue weighted by Gasteiger charge is 2.12. The van der Waals surface area contributed by atoms with Crippen LogP contribution < -0.4 is 10.2 Å². The standard InChI is InChI=1S/C17H28N2/c1-15-9-6-7-12-17(15)19(2)14-8-13-18-16-10-4-3-5-11-16/h6-7,9,12,16,18H,3-5,8,10-11,13-14H2,1-2H3. The zero-order chi connectivity index (χ0) is 13.5. The number of anilines is 1. The van der Waals surface area contributed by atoms with E-state index in [0.29, 0.717) is 0 Å². The summed E-state index contributed by atoms with van der Waals surface area (Å²) >= 11 is 0. The average Bonchev–Trinajstić information content (AvgIpc) is 2.45. The molecule has 0 spiro atoms. The SMILES string of the molecule is Cc1ccccc1N(C)CCCNC1CCCCC1. The van der Waals surface area contributed by atoms with Crippen LogP contribution in [0.1, 0.15) is 44.1 Å². The molecule has 1 saturated carbocycles. The number of nitrogens with one attached hydrogen (secondary N) is 1. The summed E-state index contributed by atoms with van der Waals surface area (Å²) in [5.74, 6) is 0. The van der Waals surface area contributed by atoms with Crippen molar-refractivity contribution in [3.8, 4) is 0 Å². The lowest BCUT2D eigenvalue weighted by molar-refractivity contribution is 0.373. The molecule has 1 aliphatic rings. The highest BCUT2D eigenvalue weighted by molar-refractivity contribution is 5.52. The Morgan fingerprint density at radius 2 is 1.89 bits per heavy atom. The highest BCUT2D eigenvalue weighted by atomic mass is 15.1. The van der Waals surface area contributed by atoms with Gasteiger partial charge >= 0.3 is 0 Å². The van der Waals surface area contributed by atoms with Crippen molar-refractivity contribution in [3.05, 3.63) is 29.8 Å². The van der Waals surface area contributed by atoms with Crippen LogP contribution in [0.25, 0.3) is 0 Å². The number of hydrogen-bond donors (Lipinski definition) is 1. The molecule has 0 saturated heterocycles. The average molecular weight is 260 g/mol. The molecule has 0 amide bonds. The third-order valence-electron chi connectivity index (χ3n) is 4.24. The van der Waals surface area contributed by atoms with Crippen molar-refractivity contribution in [1.82, 2.24) is 5.32 Å². The number of para-hydroxylation sites is 1. The Bertz CT molecular complexity index is 369. The van der Waals surface area contributed by atoms with E-state index in [0.717, 1.165) is 19.1 Å². The van der Waals surface area contributed by atoms with E-state index in [2.05, 4.69) is 48.5 Å². The summed E-state index contributed by atoms with van der Waals surface area (Å²) in [6.45, 7) is 4.47. The lowest BCUT2D eigenvalue weighted by Crippen LogP contribution is -2.33. The molecule has 0 aromatic heterocycles. The van der Waals surface area contributed by atoms with Crippen LogP contribution in [0.15, 0.2) is 24.3 Å². The zero-order valence-corrected chi connectivity index (χ0v) is 12.5. The summed E-state index contributed by atoms with van der Waals surface area (Å²) in [5, 5.41) is 3.72. The number of aryl methyl sites for hydroxylation is 1. The molecule has 2 nitrogen and oxygen atoms in total. The number of benzene rings is 1. The van der Waals surface area contributed by atoms with Gasteiger partial charge in [-0.2, -0.15) is 0 Å². The Labute approximate surface area is 118 Å². The Morgan fingerprint density at radius 3 is 2.63 bits per heavy atom. The van der Waals surface area contributed by atoms with Gasteiger partial charge < -0.3 is 10.2 Å². The fourth-order valence-electron chi connectivity index (χ4n) is 3.04. The topological polar surface area (TPSA) is 15.3 Å². The minimum absolute atomic E-state index is 0.789. The monoisotopic (exact) mass is 260 g/mol. The van der Waals surface area contributed by atoms with E-state index >= 15 is 0 Å². The van der Waals surface area contributed by atoms with E-state index in [1.165, 1.54) is 49.8 Å². The Kier molecular flexibility index (Phi) is 5.71. The van der Waals surface area contributed by atoms with Gasteiger partial charge in [0, 0.05) is 25.3 Å². The summed E-state index contributed by atoms with van der Waals surface area (Å²) in [5.41, 5.74) is 2.73. The first kappa shape index (κ1) is 14.4. The van der Waals surface area contributed by atoms with Crippen LogP contribution in [0.3, 0.4) is 0 Å². The summed E-state index contributed by atoms with van der Waals surface area (Å²) in [6, 6.07) is 9.42. The fraction of sp³-hybridized carbons (Fsp3) is 0.647.